The molecule has 0 aromatic heterocycles. The van der Waals surface area contributed by atoms with Crippen LogP contribution in [0.3, 0.4) is 0 Å². The van der Waals surface area contributed by atoms with Gasteiger partial charge in [-0.1, -0.05) is 191 Å². The lowest BCUT2D eigenvalue weighted by atomic mass is 10.0. The lowest BCUT2D eigenvalue weighted by Crippen LogP contribution is -2.45. The molecule has 0 heterocycles. The summed E-state index contributed by atoms with van der Waals surface area (Å²) in [5, 5.41) is 13.7. The number of nitrogens with one attached hydrogen (secondary N) is 1. The molecule has 55 heavy (non-hydrogen) atoms. The van der Waals surface area contributed by atoms with Crippen LogP contribution in [0.5, 0.6) is 0 Å². The first-order chi connectivity index (χ1) is 26.5. The first-order valence-corrected chi connectivity index (χ1v) is 24.3. The van der Waals surface area contributed by atoms with Crippen molar-refractivity contribution in [3.63, 3.8) is 0 Å². The summed E-state index contributed by atoms with van der Waals surface area (Å²) in [6.45, 7) is 4.39. The largest absolute Gasteiger partial charge is 0.756 e. The lowest BCUT2D eigenvalue weighted by molar-refractivity contribution is -0.870. The van der Waals surface area contributed by atoms with Gasteiger partial charge in [-0.05, 0) is 39.0 Å². The van der Waals surface area contributed by atoms with Gasteiger partial charge in [-0.2, -0.15) is 0 Å². The Labute approximate surface area is 340 Å². The highest BCUT2D eigenvalue weighted by molar-refractivity contribution is 7.45. The van der Waals surface area contributed by atoms with Crippen LogP contribution in [0.1, 0.15) is 200 Å². The van der Waals surface area contributed by atoms with Crippen LogP contribution in [0, 0.1) is 0 Å². The molecule has 8 nitrogen and oxygen atoms in total. The Hall–Kier alpha value is -1.28. The normalized spacial score (nSPS) is 14.7. The van der Waals surface area contributed by atoms with Crippen LogP contribution in [0.4, 0.5) is 0 Å². The Morgan fingerprint density at radius 3 is 1.47 bits per heavy atom. The molecular weight excluding hydrogens is 707 g/mol. The van der Waals surface area contributed by atoms with Gasteiger partial charge in [0.1, 0.15) is 13.2 Å². The first kappa shape index (κ1) is 53.7. The Morgan fingerprint density at radius 2 is 1.05 bits per heavy atom. The van der Waals surface area contributed by atoms with E-state index in [-0.39, 0.29) is 12.5 Å². The number of rotatable bonds is 41. The lowest BCUT2D eigenvalue weighted by Gasteiger charge is -2.29. The second-order valence-corrected chi connectivity index (χ2v) is 18.2. The molecule has 0 saturated heterocycles. The molecule has 0 aliphatic rings. The van der Waals surface area contributed by atoms with E-state index in [1.807, 2.05) is 40.2 Å². The number of hydrogen-bond donors (Lipinski definition) is 2. The number of nitrogens with zero attached hydrogens (tertiary/aromatic N) is 1. The molecule has 0 spiro atoms. The third kappa shape index (κ3) is 40.7. The second kappa shape index (κ2) is 38.2. The molecule has 0 bridgehead atoms. The Bertz CT molecular complexity index is 995. The zero-order valence-corrected chi connectivity index (χ0v) is 37.5. The summed E-state index contributed by atoms with van der Waals surface area (Å²) < 4.78 is 23.1. The number of allylic oxidation sites excluding steroid dienone is 5. The molecule has 0 radical (unpaired) electrons. The standard InChI is InChI=1S/C46H89N2O6P/c1-6-8-10-12-14-16-17-18-19-20-21-22-23-24-25-26-27-28-29-30-32-34-36-38-40-46(50)47-44(43-54-55(51,52)53-42-41-48(3,4)5)45(49)39-37-35-33-31-15-13-11-9-7-2/h7,9,15,31,37,39,44-45,49H,6,8,10-14,16-30,32-36,38,40-43H2,1-5H3,(H-,47,50,51,52)/b9-7+,31-15+,39-37+. The van der Waals surface area contributed by atoms with E-state index >= 15 is 0 Å². The van der Waals surface area contributed by atoms with E-state index in [1.165, 1.54) is 135 Å². The number of amides is 1. The number of aliphatic hydroxyl groups excluding tert-OH is 1. The molecule has 0 saturated carbocycles. The highest BCUT2D eigenvalue weighted by atomic mass is 31.2. The molecule has 0 rings (SSSR count). The quantitative estimate of drug-likeness (QED) is 0.0276. The maximum Gasteiger partial charge on any atom is 0.268 e. The highest BCUT2D eigenvalue weighted by Crippen LogP contribution is 2.38. The zero-order valence-electron chi connectivity index (χ0n) is 36.6. The minimum absolute atomic E-state index is 0.00836. The van der Waals surface area contributed by atoms with Crippen molar-refractivity contribution >= 4 is 13.7 Å². The van der Waals surface area contributed by atoms with Crippen LogP contribution in [-0.4, -0.2) is 68.5 Å². The first-order valence-electron chi connectivity index (χ1n) is 22.8. The number of hydrogen-bond acceptors (Lipinski definition) is 6. The van der Waals surface area contributed by atoms with Crippen molar-refractivity contribution in [2.75, 3.05) is 40.9 Å². The summed E-state index contributed by atoms with van der Waals surface area (Å²) in [6.07, 6.45) is 46.7. The summed E-state index contributed by atoms with van der Waals surface area (Å²) in [7, 11) is 1.23. The Morgan fingerprint density at radius 1 is 0.655 bits per heavy atom. The molecule has 0 aliphatic carbocycles. The summed E-state index contributed by atoms with van der Waals surface area (Å²) in [5.74, 6) is -0.212. The van der Waals surface area contributed by atoms with Crippen molar-refractivity contribution in [1.82, 2.24) is 5.32 Å². The van der Waals surface area contributed by atoms with Gasteiger partial charge in [-0.25, -0.2) is 0 Å². The van der Waals surface area contributed by atoms with Gasteiger partial charge in [0.25, 0.3) is 7.82 Å². The fourth-order valence-corrected chi connectivity index (χ4v) is 7.27. The summed E-state index contributed by atoms with van der Waals surface area (Å²) in [5.41, 5.74) is 0. The smallest absolute Gasteiger partial charge is 0.268 e. The topological polar surface area (TPSA) is 108 Å². The third-order valence-electron chi connectivity index (χ3n) is 10.2. The maximum atomic E-state index is 12.8. The molecule has 0 aromatic rings. The SMILES string of the molecule is C/C=C/CC/C=C/CC/C=C/C(O)C(COP(=O)([O-])OCC[N+](C)(C)C)NC(=O)CCCCCCCCCCCCCCCCCCCCCCCCCC. The van der Waals surface area contributed by atoms with E-state index in [0.717, 1.165) is 44.9 Å². The van der Waals surface area contributed by atoms with E-state index in [4.69, 9.17) is 9.05 Å². The van der Waals surface area contributed by atoms with Gasteiger partial charge >= 0.3 is 0 Å². The molecule has 0 aromatic carbocycles. The minimum atomic E-state index is -4.59. The average molecular weight is 797 g/mol. The van der Waals surface area contributed by atoms with E-state index in [9.17, 15) is 19.4 Å². The number of likely N-dealkylation sites (N-methyl/N-ethyl adjacent to an activating group) is 1. The van der Waals surface area contributed by atoms with Crippen molar-refractivity contribution in [2.45, 2.75) is 212 Å². The highest BCUT2D eigenvalue weighted by Gasteiger charge is 2.23. The predicted octanol–water partition coefficient (Wildman–Crippen LogP) is 12.1. The van der Waals surface area contributed by atoms with Crippen LogP contribution >= 0.6 is 7.82 Å². The molecular formula is C46H89N2O6P. The molecule has 1 amide bonds. The van der Waals surface area contributed by atoms with Crippen LogP contribution < -0.4 is 10.2 Å². The molecule has 0 aliphatic heterocycles. The van der Waals surface area contributed by atoms with Gasteiger partial charge in [0.15, 0.2) is 0 Å². The van der Waals surface area contributed by atoms with E-state index < -0.39 is 26.6 Å². The fourth-order valence-electron chi connectivity index (χ4n) is 6.54. The summed E-state index contributed by atoms with van der Waals surface area (Å²) >= 11 is 0. The maximum absolute atomic E-state index is 12.8. The van der Waals surface area contributed by atoms with Gasteiger partial charge in [0.2, 0.25) is 5.91 Å². The minimum Gasteiger partial charge on any atom is -0.756 e. The Balaban J connectivity index is 4.14. The number of aliphatic hydroxyl groups is 1. The second-order valence-electron chi connectivity index (χ2n) is 16.8. The number of unbranched alkanes of at least 4 members (excludes halogenated alkanes) is 25. The van der Waals surface area contributed by atoms with Crippen molar-refractivity contribution in [3.8, 4) is 0 Å². The van der Waals surface area contributed by atoms with Gasteiger partial charge in [-0.3, -0.25) is 9.36 Å². The van der Waals surface area contributed by atoms with Crippen LogP contribution in [0.2, 0.25) is 0 Å². The zero-order chi connectivity index (χ0) is 40.7. The van der Waals surface area contributed by atoms with Crippen molar-refractivity contribution in [2.24, 2.45) is 0 Å². The number of carbonyl (C=O) groups is 1. The van der Waals surface area contributed by atoms with Crippen molar-refractivity contribution in [3.05, 3.63) is 36.5 Å². The molecule has 2 N–H and O–H groups in total. The van der Waals surface area contributed by atoms with Gasteiger partial charge in [0, 0.05) is 6.42 Å². The summed E-state index contributed by atoms with van der Waals surface area (Å²) in [6, 6.07) is -0.904. The number of carbonyl (C=O) groups excluding carboxylic acids is 1. The van der Waals surface area contributed by atoms with Crippen molar-refractivity contribution < 1.29 is 32.9 Å². The monoisotopic (exact) mass is 797 g/mol. The number of phosphoric ester groups is 1. The van der Waals surface area contributed by atoms with Crippen LogP contribution in [0.25, 0.3) is 0 Å². The van der Waals surface area contributed by atoms with E-state index in [0.29, 0.717) is 17.4 Å². The van der Waals surface area contributed by atoms with Crippen molar-refractivity contribution in [1.29, 1.82) is 0 Å². The third-order valence-corrected chi connectivity index (χ3v) is 11.1. The molecule has 9 heteroatoms. The van der Waals surface area contributed by atoms with E-state index in [1.54, 1.807) is 6.08 Å². The molecule has 324 valence electrons. The van der Waals surface area contributed by atoms with Gasteiger partial charge < -0.3 is 28.8 Å². The van der Waals surface area contributed by atoms with Crippen LogP contribution in [0.15, 0.2) is 36.5 Å². The summed E-state index contributed by atoms with van der Waals surface area (Å²) in [4.78, 5) is 25.2. The van der Waals surface area contributed by atoms with Crippen LogP contribution in [-0.2, 0) is 18.4 Å². The molecule has 3 atom stereocenters. The average Bonchev–Trinajstić information content (AvgIpc) is 3.13. The molecule has 0 fully saturated rings. The Kier molecular flexibility index (Phi) is 37.4. The fraction of sp³-hybridized carbons (Fsp3) is 0.848. The number of phosphoric acid groups is 1. The molecule has 3 unspecified atom stereocenters. The van der Waals surface area contributed by atoms with Gasteiger partial charge in [0.05, 0.1) is 39.9 Å². The van der Waals surface area contributed by atoms with E-state index in [2.05, 4.69) is 30.5 Å². The number of quaternary nitrogens is 1. The predicted molar refractivity (Wildman–Crippen MR) is 233 cm³/mol. The van der Waals surface area contributed by atoms with Gasteiger partial charge in [-0.15, -0.1) is 0 Å².